The predicted molar refractivity (Wildman–Crippen MR) is 205 cm³/mol. The third-order valence-electron chi connectivity index (χ3n) is 8.07. The van der Waals surface area contributed by atoms with Gasteiger partial charge in [-0.05, 0) is 76.9 Å². The quantitative estimate of drug-likeness (QED) is 0.0636. The van der Waals surface area contributed by atoms with Crippen LogP contribution in [0.4, 0.5) is 0 Å². The number of sulfonamides is 1. The molecule has 49 heavy (non-hydrogen) atoms. The number of benzene rings is 6. The van der Waals surface area contributed by atoms with Crippen molar-refractivity contribution >= 4 is 72.8 Å². The number of nitrogens with one attached hydrogen (secondary N) is 1. The van der Waals surface area contributed by atoms with E-state index in [1.54, 1.807) is 66.7 Å². The summed E-state index contributed by atoms with van der Waals surface area (Å²) >= 11 is 12.6. The lowest BCUT2D eigenvalue weighted by atomic mass is 10.0. The van der Waals surface area contributed by atoms with Crippen LogP contribution in [-0.2, 0) is 10.0 Å². The van der Waals surface area contributed by atoms with Crippen LogP contribution in [0.1, 0.15) is 22.3 Å². The molecule has 6 rings (SSSR count). The highest BCUT2D eigenvalue weighted by Crippen LogP contribution is 2.48. The van der Waals surface area contributed by atoms with Gasteiger partial charge in [0, 0.05) is 27.3 Å². The summed E-state index contributed by atoms with van der Waals surface area (Å²) in [5, 5.41) is 9.02. The van der Waals surface area contributed by atoms with Gasteiger partial charge in [-0.15, -0.1) is 0 Å². The average molecular weight is 722 g/mol. The van der Waals surface area contributed by atoms with Gasteiger partial charge < -0.3 is 0 Å². The Labute approximate surface area is 296 Å². The van der Waals surface area contributed by atoms with E-state index in [0.717, 1.165) is 15.9 Å². The molecule has 0 radical (unpaired) electrons. The molecule has 0 saturated carbocycles. The van der Waals surface area contributed by atoms with Crippen molar-refractivity contribution < 1.29 is 13.2 Å². The van der Waals surface area contributed by atoms with Gasteiger partial charge in [-0.2, -0.15) is 18.4 Å². The highest BCUT2D eigenvalue weighted by Gasteiger charge is 2.34. The zero-order valence-corrected chi connectivity index (χ0v) is 29.4. The average Bonchev–Trinajstić information content (AvgIpc) is 3.15. The third-order valence-corrected chi connectivity index (χ3v) is 14.2. The largest absolute Gasteiger partial charge is 0.289 e. The first-order chi connectivity index (χ1) is 23.8. The molecule has 0 fully saturated rings. The van der Waals surface area contributed by atoms with E-state index in [1.807, 2.05) is 54.6 Å². The van der Waals surface area contributed by atoms with E-state index >= 15 is 4.79 Å². The Morgan fingerprint density at radius 3 is 1.37 bits per heavy atom. The Hall–Kier alpha value is -4.71. The Balaban J connectivity index is 1.71. The molecule has 0 heterocycles. The van der Waals surface area contributed by atoms with Crippen molar-refractivity contribution in [3.63, 3.8) is 0 Å². The Morgan fingerprint density at radius 1 is 0.551 bits per heavy atom. The monoisotopic (exact) mass is 720 g/mol. The maximum Gasteiger partial charge on any atom is 0.276 e. The summed E-state index contributed by atoms with van der Waals surface area (Å²) in [6.07, 6.45) is 0.00681. The molecule has 0 aromatic heterocycles. The Kier molecular flexibility index (Phi) is 10.6. The molecule has 6 aromatic rings. The lowest BCUT2D eigenvalue weighted by molar-refractivity contribution is 0.106. The van der Waals surface area contributed by atoms with Crippen molar-refractivity contribution in [2.24, 2.45) is 5.10 Å². The van der Waals surface area contributed by atoms with Crippen LogP contribution < -0.4 is 20.7 Å². The normalized spacial score (nSPS) is 11.9. The predicted octanol–water partition coefficient (Wildman–Crippen LogP) is 8.12. The van der Waals surface area contributed by atoms with E-state index in [-0.39, 0.29) is 17.1 Å². The van der Waals surface area contributed by atoms with Crippen LogP contribution in [0, 0.1) is 0 Å². The zero-order chi connectivity index (χ0) is 34.3. The maximum atomic E-state index is 15.2. The Bertz CT molecular complexity index is 2140. The third kappa shape index (κ3) is 7.49. The van der Waals surface area contributed by atoms with Crippen LogP contribution in [0.25, 0.3) is 0 Å². The summed E-state index contributed by atoms with van der Waals surface area (Å²) in [6.45, 7) is -2.95. The second-order valence-electron chi connectivity index (χ2n) is 11.1. The SMILES string of the molecule is O=C(C(C/C(=N/NS(=O)(=O)c1ccccc1)c1ccc(Cl)cc1)=P(c1ccccc1)(c1ccccc1)c1ccccc1)c1ccc(Cl)cc1. The molecule has 0 spiro atoms. The van der Waals surface area contributed by atoms with Crippen LogP contribution in [-0.4, -0.2) is 25.2 Å². The number of Topliss-reactive ketones (excluding diaryl/α,β-unsaturated/α-hetero) is 1. The van der Waals surface area contributed by atoms with Gasteiger partial charge in [-0.25, -0.2) is 0 Å². The summed E-state index contributed by atoms with van der Waals surface area (Å²) in [4.78, 5) is 17.7. The topological polar surface area (TPSA) is 75.6 Å². The molecule has 6 aromatic carbocycles. The maximum absolute atomic E-state index is 15.2. The van der Waals surface area contributed by atoms with Crippen molar-refractivity contribution in [3.8, 4) is 0 Å². The highest BCUT2D eigenvalue weighted by molar-refractivity contribution is 7.96. The molecule has 0 saturated heterocycles. The van der Waals surface area contributed by atoms with Crippen molar-refractivity contribution in [2.45, 2.75) is 11.3 Å². The van der Waals surface area contributed by atoms with Crippen molar-refractivity contribution in [1.82, 2.24) is 4.83 Å². The van der Waals surface area contributed by atoms with Gasteiger partial charge in [-0.1, -0.05) is 145 Å². The van der Waals surface area contributed by atoms with Crippen LogP contribution in [0.3, 0.4) is 0 Å². The van der Waals surface area contributed by atoms with E-state index in [9.17, 15) is 8.42 Å². The Morgan fingerprint density at radius 2 is 0.939 bits per heavy atom. The van der Waals surface area contributed by atoms with E-state index < -0.39 is 16.9 Å². The lowest BCUT2D eigenvalue weighted by Crippen LogP contribution is -2.35. The summed E-state index contributed by atoms with van der Waals surface area (Å²) < 4.78 is 26.9. The molecule has 5 nitrogen and oxygen atoms in total. The fraction of sp³-hybridized carbons (Fsp3) is 0.0250. The molecule has 9 heteroatoms. The van der Waals surface area contributed by atoms with E-state index in [2.05, 4.69) is 46.3 Å². The minimum atomic E-state index is -4.04. The van der Waals surface area contributed by atoms with Crippen LogP contribution in [0.5, 0.6) is 0 Å². The van der Waals surface area contributed by atoms with Crippen molar-refractivity contribution in [1.29, 1.82) is 0 Å². The minimum absolute atomic E-state index is 0.00681. The number of ketones is 1. The number of halogens is 2. The zero-order valence-electron chi connectivity index (χ0n) is 26.2. The van der Waals surface area contributed by atoms with Crippen molar-refractivity contribution in [2.75, 3.05) is 0 Å². The van der Waals surface area contributed by atoms with Crippen molar-refractivity contribution in [3.05, 3.63) is 191 Å². The molecule has 0 bridgehead atoms. The summed E-state index contributed by atoms with van der Waals surface area (Å²) in [5.41, 5.74) is 1.40. The van der Waals surface area contributed by atoms with Gasteiger partial charge in [0.1, 0.15) is 0 Å². The molecule has 0 aliphatic heterocycles. The molecule has 244 valence electrons. The van der Waals surface area contributed by atoms with E-state index in [0.29, 0.717) is 32.2 Å². The standard InChI is InChI=1S/C40H31Cl2N2O3PS/c41-32-25-21-30(22-26-32)38(43-44-49(46,47)37-19-11-4-12-20-37)29-39(40(45)31-23-27-33(42)28-24-31)48(34-13-5-1-6-14-34,35-15-7-2-8-16-35)36-17-9-3-10-18-36/h1-28,44H,29H2/b43-38-. The van der Waals surface area contributed by atoms with Gasteiger partial charge in [0.25, 0.3) is 10.0 Å². The number of hydrogen-bond donors (Lipinski definition) is 1. The van der Waals surface area contributed by atoms with Gasteiger partial charge >= 0.3 is 0 Å². The first-order valence-electron chi connectivity index (χ1n) is 15.4. The second kappa shape index (κ2) is 15.2. The van der Waals surface area contributed by atoms with Crippen LogP contribution in [0.15, 0.2) is 180 Å². The number of carbonyl (C=O) groups excluding carboxylic acids is 1. The highest BCUT2D eigenvalue weighted by atomic mass is 35.5. The smallest absolute Gasteiger partial charge is 0.276 e. The van der Waals surface area contributed by atoms with E-state index in [1.165, 1.54) is 12.1 Å². The molecule has 0 unspecified atom stereocenters. The van der Waals surface area contributed by atoms with Crippen LogP contribution in [0.2, 0.25) is 10.0 Å². The number of rotatable bonds is 11. The summed E-state index contributed by atoms with van der Waals surface area (Å²) in [6, 6.07) is 51.9. The van der Waals surface area contributed by atoms with Gasteiger partial charge in [0.15, 0.2) is 5.78 Å². The first-order valence-corrected chi connectivity index (χ1v) is 19.4. The molecule has 0 amide bonds. The molecular weight excluding hydrogens is 690 g/mol. The summed E-state index contributed by atoms with van der Waals surface area (Å²) in [5.74, 6) is -0.200. The number of hydrazone groups is 1. The number of hydrogen-bond acceptors (Lipinski definition) is 4. The minimum Gasteiger partial charge on any atom is -0.289 e. The molecule has 1 N–H and O–H groups in total. The molecule has 0 aliphatic carbocycles. The van der Waals surface area contributed by atoms with Gasteiger partial charge in [-0.3, -0.25) is 4.79 Å². The van der Waals surface area contributed by atoms with E-state index in [4.69, 9.17) is 23.2 Å². The molecule has 0 atom stereocenters. The summed E-state index contributed by atoms with van der Waals surface area (Å²) in [7, 11) is -4.04. The second-order valence-corrected chi connectivity index (χ2v) is 17.1. The van der Waals surface area contributed by atoms with Crippen LogP contribution >= 0.6 is 30.1 Å². The number of nitrogens with zero attached hydrogens (tertiary/aromatic N) is 1. The van der Waals surface area contributed by atoms with Gasteiger partial charge in [0.2, 0.25) is 0 Å². The number of carbonyl (C=O) groups is 1. The molecular formula is C40H31Cl2N2O3PS. The molecule has 0 aliphatic rings. The lowest BCUT2D eigenvalue weighted by Gasteiger charge is -2.33. The fourth-order valence-electron chi connectivity index (χ4n) is 5.76. The van der Waals surface area contributed by atoms with Gasteiger partial charge in [0.05, 0.1) is 10.6 Å². The first kappa shape index (κ1) is 34.2. The fourth-order valence-corrected chi connectivity index (χ4v) is 11.4.